The van der Waals surface area contributed by atoms with Gasteiger partial charge in [0.2, 0.25) is 0 Å². The summed E-state index contributed by atoms with van der Waals surface area (Å²) in [4.78, 5) is 22.0. The fourth-order valence-electron chi connectivity index (χ4n) is 2.06. The molecule has 3 aromatic rings. The summed E-state index contributed by atoms with van der Waals surface area (Å²) in [5.41, 5.74) is 1.49. The summed E-state index contributed by atoms with van der Waals surface area (Å²) >= 11 is 0. The Morgan fingerprint density at radius 2 is 1.83 bits per heavy atom. The van der Waals surface area contributed by atoms with Crippen LogP contribution in [-0.2, 0) is 11.3 Å². The number of esters is 1. The summed E-state index contributed by atoms with van der Waals surface area (Å²) in [7, 11) is 0. The Hall–Kier alpha value is -3.48. The fourth-order valence-corrected chi connectivity index (χ4v) is 2.06. The molecule has 1 heterocycles. The van der Waals surface area contributed by atoms with Crippen LogP contribution in [0.2, 0.25) is 0 Å². The smallest absolute Gasteiger partial charge is 0.338 e. The molecule has 7 nitrogen and oxygen atoms in total. The number of nitro groups is 1. The van der Waals surface area contributed by atoms with E-state index in [2.05, 4.69) is 5.16 Å². The van der Waals surface area contributed by atoms with Crippen LogP contribution in [0.25, 0.3) is 11.3 Å². The van der Waals surface area contributed by atoms with Crippen LogP contribution < -0.4 is 0 Å². The molecule has 0 unspecified atom stereocenters. The van der Waals surface area contributed by atoms with Crippen molar-refractivity contribution < 1.29 is 19.0 Å². The normalized spacial score (nSPS) is 10.3. The van der Waals surface area contributed by atoms with Crippen LogP contribution in [-0.4, -0.2) is 16.0 Å². The van der Waals surface area contributed by atoms with E-state index < -0.39 is 10.9 Å². The Morgan fingerprint density at radius 1 is 1.12 bits per heavy atom. The van der Waals surface area contributed by atoms with Crippen molar-refractivity contribution in [3.8, 4) is 11.3 Å². The van der Waals surface area contributed by atoms with Gasteiger partial charge in [0.25, 0.3) is 5.69 Å². The second-order valence-corrected chi connectivity index (χ2v) is 4.93. The van der Waals surface area contributed by atoms with Crippen LogP contribution in [0.1, 0.15) is 16.1 Å². The summed E-state index contributed by atoms with van der Waals surface area (Å²) in [5, 5.41) is 14.4. The van der Waals surface area contributed by atoms with Crippen LogP contribution in [0.15, 0.2) is 65.2 Å². The van der Waals surface area contributed by atoms with Gasteiger partial charge in [-0.2, -0.15) is 0 Å². The largest absolute Gasteiger partial charge is 0.455 e. The van der Waals surface area contributed by atoms with E-state index in [1.165, 1.54) is 24.3 Å². The topological polar surface area (TPSA) is 95.5 Å². The molecule has 0 N–H and O–H groups in total. The average Bonchev–Trinajstić information content (AvgIpc) is 3.09. The lowest BCUT2D eigenvalue weighted by Gasteiger charge is -2.02. The molecular formula is C17H12N2O5. The first-order chi connectivity index (χ1) is 11.6. The third-order valence-corrected chi connectivity index (χ3v) is 3.28. The van der Waals surface area contributed by atoms with Gasteiger partial charge in [0.1, 0.15) is 12.3 Å². The van der Waals surface area contributed by atoms with E-state index >= 15 is 0 Å². The van der Waals surface area contributed by atoms with Gasteiger partial charge in [-0.15, -0.1) is 0 Å². The van der Waals surface area contributed by atoms with Crippen molar-refractivity contribution in [2.24, 2.45) is 0 Å². The second kappa shape index (κ2) is 6.74. The number of carbonyl (C=O) groups is 1. The summed E-state index contributed by atoms with van der Waals surface area (Å²) in [6, 6.07) is 16.3. The van der Waals surface area contributed by atoms with E-state index in [9.17, 15) is 14.9 Å². The quantitative estimate of drug-likeness (QED) is 0.404. The molecule has 1 aromatic heterocycles. The van der Waals surface area contributed by atoms with Crippen molar-refractivity contribution in [2.75, 3.05) is 0 Å². The Kier molecular flexibility index (Phi) is 4.33. The molecule has 0 radical (unpaired) electrons. The van der Waals surface area contributed by atoms with Crippen molar-refractivity contribution >= 4 is 11.7 Å². The number of carbonyl (C=O) groups excluding carboxylic acids is 1. The maximum absolute atomic E-state index is 11.9. The molecule has 0 bridgehead atoms. The maximum atomic E-state index is 11.9. The van der Waals surface area contributed by atoms with Crippen molar-refractivity contribution in [1.82, 2.24) is 5.16 Å². The van der Waals surface area contributed by atoms with Gasteiger partial charge in [-0.05, 0) is 12.1 Å². The minimum atomic E-state index is -0.589. The third-order valence-electron chi connectivity index (χ3n) is 3.28. The van der Waals surface area contributed by atoms with Gasteiger partial charge < -0.3 is 9.26 Å². The first-order valence-corrected chi connectivity index (χ1v) is 7.06. The minimum absolute atomic E-state index is 0.0494. The summed E-state index contributed by atoms with van der Waals surface area (Å²) in [6.45, 7) is -0.0494. The van der Waals surface area contributed by atoms with Crippen LogP contribution in [0, 0.1) is 10.1 Å². The molecule has 2 aromatic carbocycles. The zero-order valence-corrected chi connectivity index (χ0v) is 12.4. The number of rotatable bonds is 5. The van der Waals surface area contributed by atoms with Gasteiger partial charge >= 0.3 is 5.97 Å². The number of non-ortho nitro benzene ring substituents is 1. The number of benzene rings is 2. The minimum Gasteiger partial charge on any atom is -0.455 e. The molecule has 24 heavy (non-hydrogen) atoms. The highest BCUT2D eigenvalue weighted by Gasteiger charge is 2.12. The molecule has 0 saturated heterocycles. The molecule has 0 aliphatic rings. The molecule has 0 spiro atoms. The molecule has 0 amide bonds. The first-order valence-electron chi connectivity index (χ1n) is 7.06. The average molecular weight is 324 g/mol. The van der Waals surface area contributed by atoms with Crippen molar-refractivity contribution in [3.05, 3.63) is 82.0 Å². The Morgan fingerprint density at radius 3 is 2.50 bits per heavy atom. The van der Waals surface area contributed by atoms with Crippen LogP contribution in [0.4, 0.5) is 5.69 Å². The highest BCUT2D eigenvalue weighted by molar-refractivity contribution is 5.89. The fraction of sp³-hybridized carbons (Fsp3) is 0.0588. The van der Waals surface area contributed by atoms with E-state index in [1.54, 1.807) is 6.07 Å². The van der Waals surface area contributed by atoms with E-state index in [0.717, 1.165) is 5.56 Å². The van der Waals surface area contributed by atoms with Gasteiger partial charge in [-0.25, -0.2) is 4.79 Å². The molecule has 0 fully saturated rings. The van der Waals surface area contributed by atoms with Gasteiger partial charge in [0, 0.05) is 23.8 Å². The zero-order chi connectivity index (χ0) is 16.9. The van der Waals surface area contributed by atoms with E-state index in [4.69, 9.17) is 9.26 Å². The highest BCUT2D eigenvalue weighted by Crippen LogP contribution is 2.20. The summed E-state index contributed by atoms with van der Waals surface area (Å²) in [5.74, 6) is -0.00820. The van der Waals surface area contributed by atoms with Crippen molar-refractivity contribution in [1.29, 1.82) is 0 Å². The van der Waals surface area contributed by atoms with Crippen LogP contribution >= 0.6 is 0 Å². The molecule has 0 aliphatic carbocycles. The number of hydrogen-bond acceptors (Lipinski definition) is 6. The van der Waals surface area contributed by atoms with Gasteiger partial charge in [0.15, 0.2) is 5.76 Å². The number of aromatic nitrogens is 1. The molecular weight excluding hydrogens is 312 g/mol. The van der Waals surface area contributed by atoms with E-state index in [1.807, 2.05) is 30.3 Å². The lowest BCUT2D eigenvalue weighted by molar-refractivity contribution is -0.384. The van der Waals surface area contributed by atoms with E-state index in [-0.39, 0.29) is 17.9 Å². The standard InChI is InChI=1S/C17H12N2O5/c20-17(13-6-8-15(9-7-13)19(21)22)23-11-14-10-16(24-18-14)12-4-2-1-3-5-12/h1-10H,11H2. The molecule has 0 atom stereocenters. The second-order valence-electron chi connectivity index (χ2n) is 4.93. The van der Waals surface area contributed by atoms with Gasteiger partial charge in [-0.1, -0.05) is 35.5 Å². The Balaban J connectivity index is 1.62. The van der Waals surface area contributed by atoms with Crippen molar-refractivity contribution in [3.63, 3.8) is 0 Å². The predicted octanol–water partition coefficient (Wildman–Crippen LogP) is 3.61. The van der Waals surface area contributed by atoms with Crippen LogP contribution in [0.3, 0.4) is 0 Å². The summed E-state index contributed by atoms with van der Waals surface area (Å²) < 4.78 is 10.3. The molecule has 0 saturated carbocycles. The first kappa shape index (κ1) is 15.4. The molecule has 120 valence electrons. The lowest BCUT2D eigenvalue weighted by Crippen LogP contribution is -2.05. The number of hydrogen-bond donors (Lipinski definition) is 0. The molecule has 0 aliphatic heterocycles. The van der Waals surface area contributed by atoms with Crippen molar-refractivity contribution in [2.45, 2.75) is 6.61 Å². The number of nitro benzene ring substituents is 1. The predicted molar refractivity (Wildman–Crippen MR) is 84.2 cm³/mol. The lowest BCUT2D eigenvalue weighted by atomic mass is 10.2. The monoisotopic (exact) mass is 324 g/mol. The highest BCUT2D eigenvalue weighted by atomic mass is 16.6. The SMILES string of the molecule is O=C(OCc1cc(-c2ccccc2)on1)c1ccc([N+](=O)[O-])cc1. The molecule has 7 heteroatoms. The third kappa shape index (κ3) is 3.46. The molecule has 3 rings (SSSR count). The zero-order valence-electron chi connectivity index (χ0n) is 12.4. The van der Waals surface area contributed by atoms with Crippen LogP contribution in [0.5, 0.6) is 0 Å². The summed E-state index contributed by atoms with van der Waals surface area (Å²) in [6.07, 6.45) is 0. The maximum Gasteiger partial charge on any atom is 0.338 e. The Bertz CT molecular complexity index is 856. The Labute approximate surface area is 136 Å². The van der Waals surface area contributed by atoms with Gasteiger partial charge in [-0.3, -0.25) is 10.1 Å². The number of nitrogens with zero attached hydrogens (tertiary/aromatic N) is 2. The number of ether oxygens (including phenoxy) is 1. The van der Waals surface area contributed by atoms with Gasteiger partial charge in [0.05, 0.1) is 10.5 Å². The van der Waals surface area contributed by atoms with E-state index in [0.29, 0.717) is 11.5 Å².